The molecule has 0 fully saturated rings. The van der Waals surface area contributed by atoms with Gasteiger partial charge in [-0.25, -0.2) is 0 Å². The van der Waals surface area contributed by atoms with E-state index in [1.807, 2.05) is 18.9 Å². The smallest absolute Gasteiger partial charge is 0.257 e. The molecular weight excluding hydrogens is 216 g/mol. The predicted molar refractivity (Wildman–Crippen MR) is 67.8 cm³/mol. The van der Waals surface area contributed by atoms with Crippen molar-refractivity contribution in [3.05, 3.63) is 17.5 Å². The number of aromatic nitrogens is 2. The summed E-state index contributed by atoms with van der Waals surface area (Å²) in [6.45, 7) is 6.08. The zero-order valence-electron chi connectivity index (χ0n) is 10.9. The van der Waals surface area contributed by atoms with Gasteiger partial charge in [0.1, 0.15) is 0 Å². The highest BCUT2D eigenvalue weighted by molar-refractivity contribution is 5.95. The maximum absolute atomic E-state index is 12.3. The number of aryl methyl sites for hydroxylation is 1. The second kappa shape index (κ2) is 6.39. The van der Waals surface area contributed by atoms with E-state index in [2.05, 4.69) is 12.0 Å². The van der Waals surface area contributed by atoms with Crippen LogP contribution in [0, 0.1) is 6.92 Å². The summed E-state index contributed by atoms with van der Waals surface area (Å²) in [7, 11) is 1.84. The standard InChI is InChI=1S/C12H22N4O/c1-4-7-16(8-5-6-13)12(17)11-9-14-15(3)10(11)2/h9H,4-8,13H2,1-3H3. The summed E-state index contributed by atoms with van der Waals surface area (Å²) in [6, 6.07) is 0. The first kappa shape index (κ1) is 13.7. The van der Waals surface area contributed by atoms with Crippen molar-refractivity contribution in [1.29, 1.82) is 0 Å². The van der Waals surface area contributed by atoms with Gasteiger partial charge in [-0.15, -0.1) is 0 Å². The van der Waals surface area contributed by atoms with Crippen LogP contribution in [0.3, 0.4) is 0 Å². The van der Waals surface area contributed by atoms with Gasteiger partial charge in [-0.2, -0.15) is 5.10 Å². The Morgan fingerprint density at radius 2 is 2.24 bits per heavy atom. The Kier molecular flexibility index (Phi) is 5.15. The van der Waals surface area contributed by atoms with Crippen LogP contribution in [0.25, 0.3) is 0 Å². The highest BCUT2D eigenvalue weighted by Crippen LogP contribution is 2.10. The zero-order chi connectivity index (χ0) is 12.8. The second-order valence-corrected chi connectivity index (χ2v) is 4.20. The summed E-state index contributed by atoms with van der Waals surface area (Å²) >= 11 is 0. The Bertz CT molecular complexity index is 373. The molecule has 5 nitrogen and oxygen atoms in total. The molecule has 1 aromatic heterocycles. The molecule has 0 saturated carbocycles. The molecule has 0 aliphatic carbocycles. The summed E-state index contributed by atoms with van der Waals surface area (Å²) < 4.78 is 1.72. The Balaban J connectivity index is 2.80. The van der Waals surface area contributed by atoms with E-state index in [1.54, 1.807) is 10.9 Å². The van der Waals surface area contributed by atoms with Crippen LogP contribution < -0.4 is 5.73 Å². The van der Waals surface area contributed by atoms with Gasteiger partial charge in [0.15, 0.2) is 0 Å². The average molecular weight is 238 g/mol. The molecule has 0 spiro atoms. The number of carbonyl (C=O) groups is 1. The topological polar surface area (TPSA) is 64.2 Å². The Hall–Kier alpha value is -1.36. The molecule has 5 heteroatoms. The van der Waals surface area contributed by atoms with Crippen molar-refractivity contribution >= 4 is 5.91 Å². The van der Waals surface area contributed by atoms with Gasteiger partial charge in [-0.1, -0.05) is 6.92 Å². The van der Waals surface area contributed by atoms with E-state index in [0.717, 1.165) is 31.6 Å². The number of hydrogen-bond donors (Lipinski definition) is 1. The number of hydrogen-bond acceptors (Lipinski definition) is 3. The van der Waals surface area contributed by atoms with Crippen molar-refractivity contribution in [2.45, 2.75) is 26.7 Å². The normalized spacial score (nSPS) is 10.6. The first-order valence-corrected chi connectivity index (χ1v) is 6.09. The Morgan fingerprint density at radius 1 is 1.53 bits per heavy atom. The SMILES string of the molecule is CCCN(CCCN)C(=O)c1cnn(C)c1C. The molecule has 0 aliphatic rings. The predicted octanol–water partition coefficient (Wildman–Crippen LogP) is 0.930. The molecular formula is C12H22N4O. The third kappa shape index (κ3) is 3.30. The van der Waals surface area contributed by atoms with Crippen LogP contribution in [0.4, 0.5) is 0 Å². The number of amides is 1. The van der Waals surface area contributed by atoms with Gasteiger partial charge in [0.25, 0.3) is 5.91 Å². The fourth-order valence-corrected chi connectivity index (χ4v) is 1.75. The van der Waals surface area contributed by atoms with Gasteiger partial charge in [0.2, 0.25) is 0 Å². The summed E-state index contributed by atoms with van der Waals surface area (Å²) in [5, 5.41) is 4.10. The van der Waals surface area contributed by atoms with Gasteiger partial charge in [0.05, 0.1) is 11.8 Å². The van der Waals surface area contributed by atoms with Crippen LogP contribution in [0.2, 0.25) is 0 Å². The van der Waals surface area contributed by atoms with Crippen LogP contribution in [-0.4, -0.2) is 40.2 Å². The molecule has 0 aromatic carbocycles. The Morgan fingerprint density at radius 3 is 2.71 bits per heavy atom. The molecule has 0 unspecified atom stereocenters. The van der Waals surface area contributed by atoms with E-state index in [1.165, 1.54) is 0 Å². The monoisotopic (exact) mass is 238 g/mol. The molecule has 0 bridgehead atoms. The lowest BCUT2D eigenvalue weighted by Crippen LogP contribution is -2.33. The fraction of sp³-hybridized carbons (Fsp3) is 0.667. The molecule has 1 heterocycles. The molecule has 0 saturated heterocycles. The summed E-state index contributed by atoms with van der Waals surface area (Å²) in [5.74, 6) is 0.0610. The third-order valence-electron chi connectivity index (χ3n) is 2.88. The third-order valence-corrected chi connectivity index (χ3v) is 2.88. The molecule has 0 aliphatic heterocycles. The summed E-state index contributed by atoms with van der Waals surface area (Å²) in [6.07, 6.45) is 3.43. The van der Waals surface area contributed by atoms with E-state index in [-0.39, 0.29) is 5.91 Å². The maximum atomic E-state index is 12.3. The van der Waals surface area contributed by atoms with Gasteiger partial charge in [0, 0.05) is 25.8 Å². The zero-order valence-corrected chi connectivity index (χ0v) is 10.9. The lowest BCUT2D eigenvalue weighted by atomic mass is 10.2. The number of rotatable bonds is 6. The van der Waals surface area contributed by atoms with Gasteiger partial charge >= 0.3 is 0 Å². The van der Waals surface area contributed by atoms with Gasteiger partial charge < -0.3 is 10.6 Å². The van der Waals surface area contributed by atoms with Crippen LogP contribution in [0.1, 0.15) is 35.8 Å². The summed E-state index contributed by atoms with van der Waals surface area (Å²) in [4.78, 5) is 14.2. The van der Waals surface area contributed by atoms with Crippen LogP contribution in [-0.2, 0) is 7.05 Å². The summed E-state index contributed by atoms with van der Waals surface area (Å²) in [5.41, 5.74) is 7.09. The van der Waals surface area contributed by atoms with E-state index in [4.69, 9.17) is 5.73 Å². The van der Waals surface area contributed by atoms with E-state index >= 15 is 0 Å². The van der Waals surface area contributed by atoms with Crippen molar-refractivity contribution in [3.8, 4) is 0 Å². The quantitative estimate of drug-likeness (QED) is 0.802. The van der Waals surface area contributed by atoms with Gasteiger partial charge in [-0.05, 0) is 26.3 Å². The van der Waals surface area contributed by atoms with Gasteiger partial charge in [-0.3, -0.25) is 9.48 Å². The van der Waals surface area contributed by atoms with Crippen molar-refractivity contribution < 1.29 is 4.79 Å². The fourth-order valence-electron chi connectivity index (χ4n) is 1.75. The molecule has 1 aromatic rings. The lowest BCUT2D eigenvalue weighted by Gasteiger charge is -2.21. The first-order valence-electron chi connectivity index (χ1n) is 6.09. The highest BCUT2D eigenvalue weighted by Gasteiger charge is 2.18. The number of nitrogens with zero attached hydrogens (tertiary/aromatic N) is 3. The molecule has 1 amide bonds. The maximum Gasteiger partial charge on any atom is 0.257 e. The molecule has 1 rings (SSSR count). The molecule has 0 radical (unpaired) electrons. The Labute approximate surface area is 103 Å². The minimum atomic E-state index is 0.0610. The van der Waals surface area contributed by atoms with E-state index < -0.39 is 0 Å². The molecule has 17 heavy (non-hydrogen) atoms. The lowest BCUT2D eigenvalue weighted by molar-refractivity contribution is 0.0754. The van der Waals surface area contributed by atoms with Crippen LogP contribution in [0.15, 0.2) is 6.20 Å². The number of carbonyl (C=O) groups excluding carboxylic acids is 1. The largest absolute Gasteiger partial charge is 0.339 e. The first-order chi connectivity index (χ1) is 8.11. The van der Waals surface area contributed by atoms with Crippen LogP contribution in [0.5, 0.6) is 0 Å². The highest BCUT2D eigenvalue weighted by atomic mass is 16.2. The van der Waals surface area contributed by atoms with Crippen molar-refractivity contribution in [3.63, 3.8) is 0 Å². The molecule has 2 N–H and O–H groups in total. The average Bonchev–Trinajstić information content (AvgIpc) is 2.65. The minimum absolute atomic E-state index is 0.0610. The van der Waals surface area contributed by atoms with E-state index in [0.29, 0.717) is 12.1 Å². The van der Waals surface area contributed by atoms with Crippen molar-refractivity contribution in [2.24, 2.45) is 12.8 Å². The molecule has 0 atom stereocenters. The number of nitrogens with two attached hydrogens (primary N) is 1. The van der Waals surface area contributed by atoms with E-state index in [9.17, 15) is 4.79 Å². The van der Waals surface area contributed by atoms with Crippen LogP contribution >= 0.6 is 0 Å². The van der Waals surface area contributed by atoms with Crippen molar-refractivity contribution in [2.75, 3.05) is 19.6 Å². The molecule has 96 valence electrons. The van der Waals surface area contributed by atoms with Crippen molar-refractivity contribution in [1.82, 2.24) is 14.7 Å². The second-order valence-electron chi connectivity index (χ2n) is 4.20. The minimum Gasteiger partial charge on any atom is -0.339 e.